The summed E-state index contributed by atoms with van der Waals surface area (Å²) in [5.41, 5.74) is 1.52. The predicted octanol–water partition coefficient (Wildman–Crippen LogP) is 5.26. The van der Waals surface area contributed by atoms with Gasteiger partial charge in [-0.2, -0.15) is 0 Å². The summed E-state index contributed by atoms with van der Waals surface area (Å²) in [5, 5.41) is 3.45. The third-order valence-electron chi connectivity index (χ3n) is 5.50. The Bertz CT molecular complexity index is 1220. The molecule has 1 atom stereocenters. The molecule has 0 aromatic heterocycles. The van der Waals surface area contributed by atoms with E-state index >= 15 is 0 Å². The van der Waals surface area contributed by atoms with Gasteiger partial charge in [-0.1, -0.05) is 42.8 Å². The van der Waals surface area contributed by atoms with Gasteiger partial charge in [-0.25, -0.2) is 0 Å². The van der Waals surface area contributed by atoms with Gasteiger partial charge in [0.2, 0.25) is 5.91 Å². The Balaban J connectivity index is 1.84. The number of amides is 1. The molecule has 1 aliphatic heterocycles. The number of benzene rings is 3. The smallest absolute Gasteiger partial charge is 0.311 e. The highest BCUT2D eigenvalue weighted by atomic mass is 35.5. The molecule has 6 nitrogen and oxygen atoms in total. The molecule has 1 unspecified atom stereocenters. The van der Waals surface area contributed by atoms with E-state index in [1.807, 2.05) is 6.92 Å². The monoisotopic (exact) mass is 463 g/mol. The predicted molar refractivity (Wildman–Crippen MR) is 125 cm³/mol. The second-order valence-electron chi connectivity index (χ2n) is 7.76. The fraction of sp³-hybridized carbons (Fsp3) is 0.192. The number of carbonyl (C=O) groups excluding carboxylic acids is 3. The van der Waals surface area contributed by atoms with E-state index in [-0.39, 0.29) is 11.9 Å². The van der Waals surface area contributed by atoms with Crippen LogP contribution in [0.5, 0.6) is 11.5 Å². The van der Waals surface area contributed by atoms with Gasteiger partial charge < -0.3 is 14.8 Å². The summed E-state index contributed by atoms with van der Waals surface area (Å²) >= 11 is 6.31. The van der Waals surface area contributed by atoms with Crippen molar-refractivity contribution >= 4 is 35.1 Å². The van der Waals surface area contributed by atoms with Gasteiger partial charge in [0, 0.05) is 29.6 Å². The van der Waals surface area contributed by atoms with Crippen LogP contribution in [-0.4, -0.2) is 17.8 Å². The number of nitrogens with one attached hydrogen (secondary N) is 1. The molecule has 0 fully saturated rings. The number of halogens is 1. The molecule has 4 rings (SSSR count). The zero-order valence-electron chi connectivity index (χ0n) is 18.2. The van der Waals surface area contributed by atoms with Gasteiger partial charge in [0.1, 0.15) is 16.9 Å². The fourth-order valence-electron chi connectivity index (χ4n) is 4.11. The summed E-state index contributed by atoms with van der Waals surface area (Å²) in [7, 11) is 0. The average molecular weight is 464 g/mol. The maximum absolute atomic E-state index is 13.6. The van der Waals surface area contributed by atoms with Crippen LogP contribution in [0.2, 0.25) is 5.02 Å². The van der Waals surface area contributed by atoms with Crippen molar-refractivity contribution in [1.29, 1.82) is 0 Å². The largest absolute Gasteiger partial charge is 0.427 e. The minimum atomic E-state index is -1.19. The van der Waals surface area contributed by atoms with E-state index in [1.165, 1.54) is 6.92 Å². The first-order valence-corrected chi connectivity index (χ1v) is 10.9. The van der Waals surface area contributed by atoms with Crippen LogP contribution < -0.4 is 14.8 Å². The number of hydrogen-bond acceptors (Lipinski definition) is 5. The highest BCUT2D eigenvalue weighted by Crippen LogP contribution is 2.48. The molecule has 0 saturated heterocycles. The second kappa shape index (κ2) is 9.08. The topological polar surface area (TPSA) is 81.7 Å². The number of esters is 2. The van der Waals surface area contributed by atoms with Crippen molar-refractivity contribution in [2.75, 3.05) is 5.32 Å². The molecule has 0 bridgehead atoms. The van der Waals surface area contributed by atoms with Gasteiger partial charge in [-0.3, -0.25) is 14.4 Å². The molecule has 0 aliphatic carbocycles. The van der Waals surface area contributed by atoms with Crippen molar-refractivity contribution in [2.24, 2.45) is 0 Å². The lowest BCUT2D eigenvalue weighted by atomic mass is 9.70. The van der Waals surface area contributed by atoms with Crippen LogP contribution in [0.3, 0.4) is 0 Å². The Morgan fingerprint density at radius 2 is 1.48 bits per heavy atom. The number of rotatable bonds is 6. The van der Waals surface area contributed by atoms with Crippen molar-refractivity contribution in [3.8, 4) is 11.5 Å². The quantitative estimate of drug-likeness (QED) is 0.398. The molecule has 7 heteroatoms. The molecule has 3 aromatic rings. The summed E-state index contributed by atoms with van der Waals surface area (Å²) in [4.78, 5) is 36.7. The lowest BCUT2D eigenvalue weighted by Gasteiger charge is -2.29. The Labute approximate surface area is 196 Å². The first-order valence-electron chi connectivity index (χ1n) is 10.6. The van der Waals surface area contributed by atoms with E-state index in [0.717, 1.165) is 0 Å². The van der Waals surface area contributed by atoms with Gasteiger partial charge in [0.25, 0.3) is 0 Å². The van der Waals surface area contributed by atoms with E-state index in [9.17, 15) is 14.4 Å². The van der Waals surface area contributed by atoms with Crippen LogP contribution >= 0.6 is 11.6 Å². The van der Waals surface area contributed by atoms with Crippen LogP contribution in [0, 0.1) is 0 Å². The Morgan fingerprint density at radius 3 is 2.03 bits per heavy atom. The number of carbonyl (C=O) groups is 3. The van der Waals surface area contributed by atoms with Gasteiger partial charge in [-0.05, 0) is 60.0 Å². The Morgan fingerprint density at radius 1 is 0.909 bits per heavy atom. The molecule has 1 N–H and O–H groups in total. The highest BCUT2D eigenvalue weighted by Gasteiger charge is 2.49. The molecule has 0 radical (unpaired) electrons. The number of anilines is 1. The molecule has 1 heterocycles. The van der Waals surface area contributed by atoms with Crippen LogP contribution in [0.4, 0.5) is 5.69 Å². The van der Waals surface area contributed by atoms with Crippen LogP contribution in [-0.2, 0) is 19.8 Å². The molecule has 0 spiro atoms. The van der Waals surface area contributed by atoms with Gasteiger partial charge >= 0.3 is 11.9 Å². The molecule has 3 aromatic carbocycles. The van der Waals surface area contributed by atoms with Crippen molar-refractivity contribution in [3.05, 3.63) is 88.4 Å². The van der Waals surface area contributed by atoms with E-state index < -0.39 is 11.4 Å². The van der Waals surface area contributed by atoms with Gasteiger partial charge in [0.15, 0.2) is 0 Å². The lowest BCUT2D eigenvalue weighted by molar-refractivity contribution is -0.134. The molecule has 1 amide bonds. The Hall–Kier alpha value is -3.64. The lowest BCUT2D eigenvalue weighted by Crippen LogP contribution is -2.37. The van der Waals surface area contributed by atoms with Crippen molar-refractivity contribution in [3.63, 3.8) is 0 Å². The van der Waals surface area contributed by atoms with Crippen molar-refractivity contribution < 1.29 is 23.9 Å². The van der Waals surface area contributed by atoms with Crippen LogP contribution in [0.25, 0.3) is 0 Å². The minimum absolute atomic E-state index is 0.240. The zero-order valence-corrected chi connectivity index (χ0v) is 18.9. The maximum atomic E-state index is 13.6. The van der Waals surface area contributed by atoms with Crippen LogP contribution in [0.1, 0.15) is 43.4 Å². The van der Waals surface area contributed by atoms with E-state index in [0.29, 0.717) is 51.7 Å². The highest BCUT2D eigenvalue weighted by molar-refractivity contribution is 6.31. The standard InChI is InChI=1S/C26H22ClNO5/c1-3-4-24(30)33-21-12-7-18(8-13-21)26(17-5-10-20(11-6-17)32-16(2)29)22-15-19(27)9-14-23(22)28-25(26)31/h5-15H,3-4H2,1-2H3,(H,28,31). The normalized spacial score (nSPS) is 16.6. The van der Waals surface area contributed by atoms with Crippen molar-refractivity contribution in [1.82, 2.24) is 0 Å². The van der Waals surface area contributed by atoms with Gasteiger partial charge in [-0.15, -0.1) is 0 Å². The minimum Gasteiger partial charge on any atom is -0.427 e. The third kappa shape index (κ3) is 4.22. The fourth-order valence-corrected chi connectivity index (χ4v) is 4.28. The zero-order chi connectivity index (χ0) is 23.6. The summed E-state index contributed by atoms with van der Waals surface area (Å²) < 4.78 is 10.5. The third-order valence-corrected chi connectivity index (χ3v) is 5.73. The summed E-state index contributed by atoms with van der Waals surface area (Å²) in [5.74, 6) is -0.194. The first kappa shape index (κ1) is 22.6. The number of hydrogen-bond donors (Lipinski definition) is 1. The van der Waals surface area contributed by atoms with E-state index in [4.69, 9.17) is 21.1 Å². The molecular weight excluding hydrogens is 442 g/mol. The number of fused-ring (bicyclic) bond motifs is 1. The van der Waals surface area contributed by atoms with Crippen LogP contribution in [0.15, 0.2) is 66.7 Å². The number of ether oxygens (including phenoxy) is 2. The molecule has 33 heavy (non-hydrogen) atoms. The molecule has 1 aliphatic rings. The average Bonchev–Trinajstić information content (AvgIpc) is 3.06. The van der Waals surface area contributed by atoms with Gasteiger partial charge in [0.05, 0.1) is 0 Å². The Kier molecular flexibility index (Phi) is 6.20. The van der Waals surface area contributed by atoms with E-state index in [1.54, 1.807) is 66.7 Å². The summed E-state index contributed by atoms with van der Waals surface area (Å²) in [6, 6.07) is 18.9. The summed E-state index contributed by atoms with van der Waals surface area (Å²) in [6.07, 6.45) is 1.02. The molecule has 168 valence electrons. The molecular formula is C26H22ClNO5. The maximum Gasteiger partial charge on any atom is 0.311 e. The summed E-state index contributed by atoms with van der Waals surface area (Å²) in [6.45, 7) is 3.23. The van der Waals surface area contributed by atoms with Crippen molar-refractivity contribution in [2.45, 2.75) is 32.1 Å². The second-order valence-corrected chi connectivity index (χ2v) is 8.20. The SMILES string of the molecule is CCCC(=O)Oc1ccc(C2(c3ccc(OC(C)=O)cc3)C(=O)Nc3ccc(Cl)cc32)cc1. The molecule has 0 saturated carbocycles. The van der Waals surface area contributed by atoms with E-state index in [2.05, 4.69) is 5.32 Å². The first-order chi connectivity index (χ1) is 15.8.